The number of pyridine rings is 1. The zero-order valence-corrected chi connectivity index (χ0v) is 12.6. The summed E-state index contributed by atoms with van der Waals surface area (Å²) >= 11 is 6.85. The molecule has 0 spiro atoms. The number of anilines is 1. The van der Waals surface area contributed by atoms with Gasteiger partial charge >= 0.3 is 5.00 Å². The van der Waals surface area contributed by atoms with Crippen LogP contribution >= 0.6 is 22.9 Å². The van der Waals surface area contributed by atoms with E-state index in [-0.39, 0.29) is 17.1 Å². The van der Waals surface area contributed by atoms with E-state index in [0.29, 0.717) is 21.2 Å². The topological polar surface area (TPSA) is 101 Å². The van der Waals surface area contributed by atoms with E-state index in [9.17, 15) is 14.9 Å². The Morgan fingerprint density at radius 1 is 1.41 bits per heavy atom. The van der Waals surface area contributed by atoms with Gasteiger partial charge in [0.05, 0.1) is 4.92 Å². The van der Waals surface area contributed by atoms with Crippen LogP contribution in [0.3, 0.4) is 0 Å². The molecule has 0 amide bonds. The number of aromatic nitrogens is 2. The molecule has 0 saturated heterocycles. The number of nitrogens with one attached hydrogen (secondary N) is 2. The molecule has 3 aromatic rings. The fourth-order valence-electron chi connectivity index (χ4n) is 1.96. The average molecular weight is 337 g/mol. The second kappa shape index (κ2) is 5.74. The lowest BCUT2D eigenvalue weighted by Crippen LogP contribution is -2.15. The summed E-state index contributed by atoms with van der Waals surface area (Å²) in [6, 6.07) is 6.92. The molecule has 2 N–H and O–H groups in total. The number of aromatic amines is 1. The smallest absolute Gasteiger partial charge is 0.345 e. The number of nitro groups is 1. The summed E-state index contributed by atoms with van der Waals surface area (Å²) in [4.78, 5) is 28.8. The highest BCUT2D eigenvalue weighted by molar-refractivity contribution is 7.18. The zero-order chi connectivity index (χ0) is 15.7. The maximum absolute atomic E-state index is 12.0. The van der Waals surface area contributed by atoms with Gasteiger partial charge in [-0.1, -0.05) is 11.6 Å². The Morgan fingerprint density at radius 3 is 2.95 bits per heavy atom. The minimum Gasteiger partial charge on any atom is -0.357 e. The largest absolute Gasteiger partial charge is 0.357 e. The van der Waals surface area contributed by atoms with Crippen molar-refractivity contribution < 1.29 is 4.92 Å². The van der Waals surface area contributed by atoms with Crippen LogP contribution in [-0.2, 0) is 6.54 Å². The van der Waals surface area contributed by atoms with Crippen molar-refractivity contribution in [3.8, 4) is 0 Å². The molecule has 0 aliphatic carbocycles. The van der Waals surface area contributed by atoms with Crippen molar-refractivity contribution in [1.82, 2.24) is 9.97 Å². The first-order chi connectivity index (χ1) is 10.5. The van der Waals surface area contributed by atoms with Gasteiger partial charge in [-0.25, -0.2) is 4.98 Å². The van der Waals surface area contributed by atoms with Crippen LogP contribution in [0, 0.1) is 10.1 Å². The van der Waals surface area contributed by atoms with E-state index >= 15 is 0 Å². The van der Waals surface area contributed by atoms with Crippen LogP contribution in [0.2, 0.25) is 5.02 Å². The minimum absolute atomic E-state index is 0.0540. The second-order valence-corrected chi connectivity index (χ2v) is 5.92. The van der Waals surface area contributed by atoms with Crippen molar-refractivity contribution >= 4 is 44.0 Å². The van der Waals surface area contributed by atoms with Crippen molar-refractivity contribution in [3.63, 3.8) is 0 Å². The average Bonchev–Trinajstić information content (AvgIpc) is 2.94. The molecule has 0 atom stereocenters. The Morgan fingerprint density at radius 2 is 2.23 bits per heavy atom. The summed E-state index contributed by atoms with van der Waals surface area (Å²) < 4.78 is 0. The van der Waals surface area contributed by atoms with Crippen LogP contribution in [0.15, 0.2) is 35.3 Å². The maximum atomic E-state index is 12.0. The molecule has 0 unspecified atom stereocenters. The summed E-state index contributed by atoms with van der Waals surface area (Å²) in [5.41, 5.74) is 0.962. The van der Waals surface area contributed by atoms with E-state index in [1.165, 1.54) is 6.20 Å². The third kappa shape index (κ3) is 2.92. The molecule has 1 aromatic carbocycles. The first kappa shape index (κ1) is 14.5. The first-order valence-electron chi connectivity index (χ1n) is 6.18. The van der Waals surface area contributed by atoms with Crippen LogP contribution in [0.1, 0.15) is 5.56 Å². The van der Waals surface area contributed by atoms with E-state index in [1.807, 2.05) is 0 Å². The molecule has 0 fully saturated rings. The van der Waals surface area contributed by atoms with E-state index in [2.05, 4.69) is 15.3 Å². The monoisotopic (exact) mass is 336 g/mol. The Labute approximate surface area is 132 Å². The summed E-state index contributed by atoms with van der Waals surface area (Å²) in [5, 5.41) is 15.2. The van der Waals surface area contributed by atoms with Crippen molar-refractivity contribution in [2.75, 3.05) is 5.32 Å². The van der Waals surface area contributed by atoms with Gasteiger partial charge in [-0.3, -0.25) is 14.9 Å². The SMILES string of the molecule is O=c1[nH]c2ccc(Cl)cc2cc1CNc1ncc([N+](=O)[O-])s1. The molecule has 2 heterocycles. The number of rotatable bonds is 4. The Kier molecular flexibility index (Phi) is 3.78. The van der Waals surface area contributed by atoms with Gasteiger partial charge < -0.3 is 10.3 Å². The molecule has 112 valence electrons. The predicted molar refractivity (Wildman–Crippen MR) is 85.7 cm³/mol. The third-order valence-electron chi connectivity index (χ3n) is 2.99. The van der Waals surface area contributed by atoms with Gasteiger partial charge in [-0.2, -0.15) is 0 Å². The maximum Gasteiger partial charge on any atom is 0.345 e. The molecular formula is C13H9ClN4O3S. The van der Waals surface area contributed by atoms with Crippen LogP contribution < -0.4 is 10.9 Å². The summed E-state index contributed by atoms with van der Waals surface area (Å²) in [6.45, 7) is 0.211. The Hall–Kier alpha value is -2.45. The number of hydrogen-bond acceptors (Lipinski definition) is 6. The van der Waals surface area contributed by atoms with Crippen LogP contribution in [0.5, 0.6) is 0 Å². The molecule has 7 nitrogen and oxygen atoms in total. The lowest BCUT2D eigenvalue weighted by atomic mass is 10.1. The number of thiazole rings is 1. The molecule has 0 radical (unpaired) electrons. The number of nitrogens with zero attached hydrogens (tertiary/aromatic N) is 2. The molecule has 2 aromatic heterocycles. The van der Waals surface area contributed by atoms with E-state index in [4.69, 9.17) is 11.6 Å². The van der Waals surface area contributed by atoms with Crippen molar-refractivity contribution in [2.45, 2.75) is 6.54 Å². The number of benzene rings is 1. The Balaban J connectivity index is 1.85. The number of halogens is 1. The highest BCUT2D eigenvalue weighted by Crippen LogP contribution is 2.25. The lowest BCUT2D eigenvalue weighted by molar-refractivity contribution is -0.380. The molecule has 0 aliphatic rings. The van der Waals surface area contributed by atoms with Gasteiger partial charge in [0.2, 0.25) is 0 Å². The molecule has 3 rings (SSSR count). The fourth-order valence-corrected chi connectivity index (χ4v) is 2.76. The zero-order valence-electron chi connectivity index (χ0n) is 11.0. The number of fused-ring (bicyclic) bond motifs is 1. The van der Waals surface area contributed by atoms with Crippen molar-refractivity contribution in [3.05, 3.63) is 61.5 Å². The van der Waals surface area contributed by atoms with Gasteiger partial charge in [0.25, 0.3) is 5.56 Å². The minimum atomic E-state index is -0.506. The van der Waals surface area contributed by atoms with E-state index in [0.717, 1.165) is 16.7 Å². The molecule has 9 heteroatoms. The number of hydrogen-bond donors (Lipinski definition) is 2. The van der Waals surface area contributed by atoms with Crippen LogP contribution in [-0.4, -0.2) is 14.9 Å². The van der Waals surface area contributed by atoms with Crippen LogP contribution in [0.25, 0.3) is 10.9 Å². The molecule has 0 bridgehead atoms. The lowest BCUT2D eigenvalue weighted by Gasteiger charge is -2.04. The van der Waals surface area contributed by atoms with E-state index in [1.54, 1.807) is 24.3 Å². The normalized spacial score (nSPS) is 10.8. The van der Waals surface area contributed by atoms with Gasteiger partial charge in [-0.15, -0.1) is 0 Å². The highest BCUT2D eigenvalue weighted by atomic mass is 35.5. The van der Waals surface area contributed by atoms with Crippen molar-refractivity contribution in [1.29, 1.82) is 0 Å². The summed E-state index contributed by atoms with van der Waals surface area (Å²) in [5.74, 6) is 0. The summed E-state index contributed by atoms with van der Waals surface area (Å²) in [7, 11) is 0. The van der Waals surface area contributed by atoms with Crippen LogP contribution in [0.4, 0.5) is 10.1 Å². The summed E-state index contributed by atoms with van der Waals surface area (Å²) in [6.07, 6.45) is 1.18. The van der Waals surface area contributed by atoms with Crippen molar-refractivity contribution in [2.24, 2.45) is 0 Å². The van der Waals surface area contributed by atoms with Gasteiger partial charge in [0.1, 0.15) is 6.20 Å². The van der Waals surface area contributed by atoms with Gasteiger partial charge in [0.15, 0.2) is 5.13 Å². The first-order valence-corrected chi connectivity index (χ1v) is 7.38. The fraction of sp³-hybridized carbons (Fsp3) is 0.0769. The molecule has 0 saturated carbocycles. The standard InChI is InChI=1S/C13H9ClN4O3S/c14-9-1-2-10-7(4-9)3-8(12(19)17-10)5-15-13-16-6-11(22-13)18(20)21/h1-4,6H,5H2,(H,15,16)(H,17,19). The second-order valence-electron chi connectivity index (χ2n) is 4.47. The third-order valence-corrected chi connectivity index (χ3v) is 4.13. The molecule has 0 aliphatic heterocycles. The van der Waals surface area contributed by atoms with Gasteiger partial charge in [-0.05, 0) is 35.6 Å². The van der Waals surface area contributed by atoms with Gasteiger partial charge in [0, 0.05) is 28.0 Å². The van der Waals surface area contributed by atoms with E-state index < -0.39 is 4.92 Å². The number of H-pyrrole nitrogens is 1. The molecular weight excluding hydrogens is 328 g/mol. The Bertz CT molecular complexity index is 921. The quantitative estimate of drug-likeness (QED) is 0.563. The predicted octanol–water partition coefficient (Wildman–Crippen LogP) is 3.16. The molecule has 22 heavy (non-hydrogen) atoms. The highest BCUT2D eigenvalue weighted by Gasteiger charge is 2.11.